The standard InChI is InChI=1S/C15H13NO/c17-15-13-6-2-1-4-11(13)7-8-14(15)12-5-3-9-16-10-12/h1-6,9-10,14H,7-8H2/t14-/m0/s1. The van der Waals surface area contributed by atoms with E-state index in [2.05, 4.69) is 4.98 Å². The topological polar surface area (TPSA) is 30.0 Å². The van der Waals surface area contributed by atoms with Crippen molar-refractivity contribution in [2.75, 3.05) is 0 Å². The van der Waals surface area contributed by atoms with E-state index in [0.717, 1.165) is 24.0 Å². The molecule has 1 atom stereocenters. The van der Waals surface area contributed by atoms with Crippen molar-refractivity contribution in [2.24, 2.45) is 0 Å². The quantitative estimate of drug-likeness (QED) is 0.744. The molecule has 0 amide bonds. The van der Waals surface area contributed by atoms with Crippen LogP contribution in [-0.4, -0.2) is 10.8 Å². The number of aryl methyl sites for hydroxylation is 1. The predicted octanol–water partition coefficient (Wildman–Crippen LogP) is 2.99. The van der Waals surface area contributed by atoms with Crippen molar-refractivity contribution < 1.29 is 4.79 Å². The SMILES string of the molecule is O=C1c2ccccc2CC[C@H]1c1cccnc1. The molecule has 1 aliphatic rings. The number of carbonyl (C=O) groups is 1. The summed E-state index contributed by atoms with van der Waals surface area (Å²) in [7, 11) is 0. The van der Waals surface area contributed by atoms with Crippen molar-refractivity contribution >= 4 is 5.78 Å². The van der Waals surface area contributed by atoms with Gasteiger partial charge in [0.1, 0.15) is 0 Å². The molecule has 0 saturated carbocycles. The Morgan fingerprint density at radius 1 is 1.12 bits per heavy atom. The van der Waals surface area contributed by atoms with Crippen LogP contribution in [-0.2, 0) is 6.42 Å². The van der Waals surface area contributed by atoms with Gasteiger partial charge in [-0.25, -0.2) is 0 Å². The van der Waals surface area contributed by atoms with Crippen molar-refractivity contribution in [3.05, 3.63) is 65.5 Å². The van der Waals surface area contributed by atoms with E-state index in [1.807, 2.05) is 36.4 Å². The lowest BCUT2D eigenvalue weighted by Gasteiger charge is -2.23. The number of benzene rings is 1. The second-order valence-corrected chi connectivity index (χ2v) is 4.40. The van der Waals surface area contributed by atoms with Gasteiger partial charge in [0.15, 0.2) is 5.78 Å². The number of pyridine rings is 1. The van der Waals surface area contributed by atoms with E-state index in [1.165, 1.54) is 5.56 Å². The molecule has 0 bridgehead atoms. The number of Topliss-reactive ketones (excluding diaryl/α,β-unsaturated/α-hetero) is 1. The lowest BCUT2D eigenvalue weighted by molar-refractivity contribution is 0.0946. The molecule has 0 unspecified atom stereocenters. The van der Waals surface area contributed by atoms with Crippen molar-refractivity contribution in [3.63, 3.8) is 0 Å². The molecule has 1 aromatic heterocycles. The van der Waals surface area contributed by atoms with Gasteiger partial charge in [-0.2, -0.15) is 0 Å². The molecule has 1 aromatic carbocycles. The summed E-state index contributed by atoms with van der Waals surface area (Å²) in [5.41, 5.74) is 3.09. The highest BCUT2D eigenvalue weighted by Crippen LogP contribution is 2.31. The van der Waals surface area contributed by atoms with Crippen molar-refractivity contribution in [1.29, 1.82) is 0 Å². The van der Waals surface area contributed by atoms with Crippen LogP contribution in [0.3, 0.4) is 0 Å². The highest BCUT2D eigenvalue weighted by atomic mass is 16.1. The van der Waals surface area contributed by atoms with Crippen molar-refractivity contribution in [2.45, 2.75) is 18.8 Å². The van der Waals surface area contributed by atoms with Gasteiger partial charge in [0.05, 0.1) is 0 Å². The number of ketones is 1. The molecule has 2 nitrogen and oxygen atoms in total. The first kappa shape index (κ1) is 10.2. The van der Waals surface area contributed by atoms with Gasteiger partial charge in [-0.05, 0) is 30.0 Å². The molecule has 0 fully saturated rings. The van der Waals surface area contributed by atoms with Gasteiger partial charge in [-0.15, -0.1) is 0 Å². The number of carbonyl (C=O) groups excluding carboxylic acids is 1. The van der Waals surface area contributed by atoms with E-state index >= 15 is 0 Å². The third kappa shape index (κ3) is 1.76. The van der Waals surface area contributed by atoms with E-state index in [4.69, 9.17) is 0 Å². The Labute approximate surface area is 100 Å². The maximum Gasteiger partial charge on any atom is 0.170 e. The van der Waals surface area contributed by atoms with Gasteiger partial charge in [-0.1, -0.05) is 30.3 Å². The summed E-state index contributed by atoms with van der Waals surface area (Å²) in [6.45, 7) is 0. The average Bonchev–Trinajstić information content (AvgIpc) is 2.40. The van der Waals surface area contributed by atoms with Crippen LogP contribution in [0.1, 0.15) is 33.8 Å². The molecule has 0 radical (unpaired) electrons. The second kappa shape index (κ2) is 4.13. The number of hydrogen-bond donors (Lipinski definition) is 0. The molecule has 0 N–H and O–H groups in total. The van der Waals surface area contributed by atoms with Crippen molar-refractivity contribution in [1.82, 2.24) is 4.98 Å². The van der Waals surface area contributed by atoms with Crippen LogP contribution >= 0.6 is 0 Å². The van der Waals surface area contributed by atoms with Gasteiger partial charge < -0.3 is 0 Å². The van der Waals surface area contributed by atoms with Crippen LogP contribution in [0, 0.1) is 0 Å². The molecular formula is C15H13NO. The average molecular weight is 223 g/mol. The monoisotopic (exact) mass is 223 g/mol. The maximum absolute atomic E-state index is 12.4. The molecular weight excluding hydrogens is 210 g/mol. The Hall–Kier alpha value is -1.96. The largest absolute Gasteiger partial charge is 0.293 e. The predicted molar refractivity (Wildman–Crippen MR) is 66.1 cm³/mol. The minimum absolute atomic E-state index is 0.0152. The first-order valence-electron chi connectivity index (χ1n) is 5.88. The Balaban J connectivity index is 2.00. The van der Waals surface area contributed by atoms with E-state index in [9.17, 15) is 4.79 Å². The molecule has 2 aromatic rings. The van der Waals surface area contributed by atoms with Crippen LogP contribution in [0.25, 0.3) is 0 Å². The van der Waals surface area contributed by atoms with Gasteiger partial charge in [0.2, 0.25) is 0 Å². The molecule has 0 spiro atoms. The minimum Gasteiger partial charge on any atom is -0.293 e. The second-order valence-electron chi connectivity index (χ2n) is 4.40. The third-order valence-corrected chi connectivity index (χ3v) is 3.39. The molecule has 3 rings (SSSR count). The zero-order valence-electron chi connectivity index (χ0n) is 9.47. The zero-order valence-corrected chi connectivity index (χ0v) is 9.47. The first-order valence-corrected chi connectivity index (χ1v) is 5.88. The lowest BCUT2D eigenvalue weighted by atomic mass is 9.80. The van der Waals surface area contributed by atoms with E-state index in [-0.39, 0.29) is 11.7 Å². The van der Waals surface area contributed by atoms with Gasteiger partial charge >= 0.3 is 0 Å². The molecule has 0 aliphatic heterocycles. The summed E-state index contributed by atoms with van der Waals surface area (Å²) in [6, 6.07) is 11.8. The first-order chi connectivity index (χ1) is 8.36. The summed E-state index contributed by atoms with van der Waals surface area (Å²) in [4.78, 5) is 16.5. The number of fused-ring (bicyclic) bond motifs is 1. The fraction of sp³-hybridized carbons (Fsp3) is 0.200. The number of hydrogen-bond acceptors (Lipinski definition) is 2. The third-order valence-electron chi connectivity index (χ3n) is 3.39. The smallest absolute Gasteiger partial charge is 0.170 e. The summed E-state index contributed by atoms with van der Waals surface area (Å²) in [6.07, 6.45) is 5.41. The van der Waals surface area contributed by atoms with Gasteiger partial charge in [0, 0.05) is 23.9 Å². The zero-order chi connectivity index (χ0) is 11.7. The Morgan fingerprint density at radius 2 is 2.00 bits per heavy atom. The number of nitrogens with zero attached hydrogens (tertiary/aromatic N) is 1. The fourth-order valence-electron chi connectivity index (χ4n) is 2.50. The molecule has 1 heterocycles. The van der Waals surface area contributed by atoms with Crippen LogP contribution in [0.2, 0.25) is 0 Å². The van der Waals surface area contributed by atoms with Gasteiger partial charge in [-0.3, -0.25) is 9.78 Å². The highest BCUT2D eigenvalue weighted by molar-refractivity contribution is 6.03. The van der Waals surface area contributed by atoms with E-state index in [1.54, 1.807) is 12.4 Å². The lowest BCUT2D eigenvalue weighted by Crippen LogP contribution is -2.20. The molecule has 2 heteroatoms. The van der Waals surface area contributed by atoms with Crippen LogP contribution in [0.5, 0.6) is 0 Å². The Morgan fingerprint density at radius 3 is 2.82 bits per heavy atom. The maximum atomic E-state index is 12.4. The Kier molecular flexibility index (Phi) is 2.48. The molecule has 84 valence electrons. The molecule has 17 heavy (non-hydrogen) atoms. The number of aromatic nitrogens is 1. The molecule has 0 saturated heterocycles. The number of rotatable bonds is 1. The van der Waals surface area contributed by atoms with Crippen LogP contribution in [0.4, 0.5) is 0 Å². The molecule has 1 aliphatic carbocycles. The van der Waals surface area contributed by atoms with Crippen LogP contribution in [0.15, 0.2) is 48.8 Å². The summed E-state index contributed by atoms with van der Waals surface area (Å²) in [5.74, 6) is 0.221. The Bertz CT molecular complexity index is 548. The minimum atomic E-state index is -0.0152. The van der Waals surface area contributed by atoms with E-state index in [0.29, 0.717) is 0 Å². The van der Waals surface area contributed by atoms with E-state index < -0.39 is 0 Å². The fourth-order valence-corrected chi connectivity index (χ4v) is 2.50. The van der Waals surface area contributed by atoms with Gasteiger partial charge in [0.25, 0.3) is 0 Å². The summed E-state index contributed by atoms with van der Waals surface area (Å²) < 4.78 is 0. The van der Waals surface area contributed by atoms with Crippen molar-refractivity contribution in [3.8, 4) is 0 Å². The highest BCUT2D eigenvalue weighted by Gasteiger charge is 2.28. The summed E-state index contributed by atoms with van der Waals surface area (Å²) >= 11 is 0. The summed E-state index contributed by atoms with van der Waals surface area (Å²) in [5, 5.41) is 0. The van der Waals surface area contributed by atoms with Crippen LogP contribution < -0.4 is 0 Å². The normalized spacial score (nSPS) is 18.8.